The highest BCUT2D eigenvalue weighted by molar-refractivity contribution is 7.17. The minimum absolute atomic E-state index is 0.110. The molecule has 1 aromatic heterocycles. The Hall–Kier alpha value is -1.92. The number of fused-ring (bicyclic) bond motifs is 1. The van der Waals surface area contributed by atoms with Crippen LogP contribution < -0.4 is 10.2 Å². The fourth-order valence-electron chi connectivity index (χ4n) is 3.29. The van der Waals surface area contributed by atoms with Gasteiger partial charge in [0.2, 0.25) is 0 Å². The van der Waals surface area contributed by atoms with Crippen molar-refractivity contribution in [1.29, 1.82) is 0 Å². The van der Waals surface area contributed by atoms with Gasteiger partial charge in [-0.1, -0.05) is 20.1 Å². The van der Waals surface area contributed by atoms with Crippen LogP contribution in [0.3, 0.4) is 0 Å². The number of ether oxygens (including phenoxy) is 1. The van der Waals surface area contributed by atoms with Crippen LogP contribution in [0, 0.1) is 5.92 Å². The van der Waals surface area contributed by atoms with Crippen LogP contribution in [0.25, 0.3) is 0 Å². The van der Waals surface area contributed by atoms with E-state index in [1.807, 2.05) is 0 Å². The van der Waals surface area contributed by atoms with E-state index >= 15 is 0 Å². The molecule has 0 radical (unpaired) electrons. The van der Waals surface area contributed by atoms with Gasteiger partial charge in [-0.15, -0.1) is 11.3 Å². The number of quaternary nitrogens is 1. The zero-order chi connectivity index (χ0) is 19.1. The number of carbonyl (C=O) groups excluding carboxylic acids is 2. The Kier molecular flexibility index (Phi) is 7.60. The summed E-state index contributed by atoms with van der Waals surface area (Å²) in [4.78, 5) is 27.3. The lowest BCUT2D eigenvalue weighted by atomic mass is 9.88. The van der Waals surface area contributed by atoms with Crippen LogP contribution in [-0.2, 0) is 22.4 Å². The summed E-state index contributed by atoms with van der Waals surface area (Å²) in [6.45, 7) is 13.5. The maximum absolute atomic E-state index is 12.5. The molecule has 0 saturated heterocycles. The Morgan fingerprint density at radius 3 is 2.65 bits per heavy atom. The highest BCUT2D eigenvalue weighted by atomic mass is 32.1. The largest absolute Gasteiger partial charge is 0.462 e. The number of hydrogen-bond donors (Lipinski definition) is 2. The molecular weight excluding hydrogens is 348 g/mol. The molecule has 6 heteroatoms. The molecule has 0 bridgehead atoms. The number of carbonyl (C=O) groups is 2. The van der Waals surface area contributed by atoms with Crippen molar-refractivity contribution < 1.29 is 19.2 Å². The van der Waals surface area contributed by atoms with Crippen molar-refractivity contribution in [2.75, 3.05) is 31.6 Å². The van der Waals surface area contributed by atoms with E-state index in [0.29, 0.717) is 42.7 Å². The van der Waals surface area contributed by atoms with Gasteiger partial charge in [0.25, 0.3) is 5.91 Å². The molecule has 2 N–H and O–H groups in total. The van der Waals surface area contributed by atoms with Crippen molar-refractivity contribution >= 4 is 28.2 Å². The van der Waals surface area contributed by atoms with Crippen LogP contribution in [0.2, 0.25) is 0 Å². The molecule has 1 aromatic rings. The Morgan fingerprint density at radius 1 is 1.35 bits per heavy atom. The number of thiophene rings is 1. The zero-order valence-electron chi connectivity index (χ0n) is 15.7. The van der Waals surface area contributed by atoms with Crippen molar-refractivity contribution in [2.24, 2.45) is 5.92 Å². The van der Waals surface area contributed by atoms with Crippen LogP contribution in [0.4, 0.5) is 5.00 Å². The number of rotatable bonds is 9. The van der Waals surface area contributed by atoms with E-state index in [1.54, 1.807) is 19.1 Å². The van der Waals surface area contributed by atoms with Crippen LogP contribution in [0.5, 0.6) is 0 Å². The molecule has 5 nitrogen and oxygen atoms in total. The average molecular weight is 378 g/mol. The highest BCUT2D eigenvalue weighted by Crippen LogP contribution is 2.40. The first-order valence-corrected chi connectivity index (χ1v) is 9.98. The first-order valence-electron chi connectivity index (χ1n) is 9.16. The lowest BCUT2D eigenvalue weighted by Gasteiger charge is -2.18. The summed E-state index contributed by atoms with van der Waals surface area (Å²) >= 11 is 1.52. The second-order valence-electron chi connectivity index (χ2n) is 6.74. The second kappa shape index (κ2) is 9.69. The molecule has 1 unspecified atom stereocenters. The molecule has 1 aliphatic rings. The average Bonchev–Trinajstić information content (AvgIpc) is 2.92. The van der Waals surface area contributed by atoms with Gasteiger partial charge in [0.15, 0.2) is 6.54 Å². The monoisotopic (exact) mass is 377 g/mol. The summed E-state index contributed by atoms with van der Waals surface area (Å²) in [5.74, 6) is 0.150. The van der Waals surface area contributed by atoms with Crippen LogP contribution >= 0.6 is 11.3 Å². The summed E-state index contributed by atoms with van der Waals surface area (Å²) in [6, 6.07) is 0. The number of anilines is 1. The minimum Gasteiger partial charge on any atom is -0.462 e. The van der Waals surface area contributed by atoms with E-state index in [1.165, 1.54) is 16.2 Å². The molecule has 2 rings (SSSR count). The van der Waals surface area contributed by atoms with E-state index in [2.05, 4.69) is 25.4 Å². The van der Waals surface area contributed by atoms with Crippen LogP contribution in [-0.4, -0.2) is 38.1 Å². The van der Waals surface area contributed by atoms with Gasteiger partial charge in [-0.05, 0) is 49.8 Å². The van der Waals surface area contributed by atoms with E-state index in [4.69, 9.17) is 4.74 Å². The summed E-state index contributed by atoms with van der Waals surface area (Å²) in [5.41, 5.74) is 1.62. The van der Waals surface area contributed by atoms with Crippen LogP contribution in [0.15, 0.2) is 25.3 Å². The maximum Gasteiger partial charge on any atom is 0.341 e. The van der Waals surface area contributed by atoms with E-state index in [-0.39, 0.29) is 11.9 Å². The van der Waals surface area contributed by atoms with Crippen molar-refractivity contribution in [3.63, 3.8) is 0 Å². The predicted octanol–water partition coefficient (Wildman–Crippen LogP) is 2.24. The standard InChI is InChI=1S/C20H28N2O3S/c1-5-10-22(11-6-2)13-17(23)21-19-18(20(24)25-7-3)15-9-8-14(4)12-16(15)26-19/h5-6,14H,1-2,7-13H2,3-4H3,(H,21,23)/p+1. The topological polar surface area (TPSA) is 59.8 Å². The van der Waals surface area contributed by atoms with Crippen molar-refractivity contribution in [3.8, 4) is 0 Å². The lowest BCUT2D eigenvalue weighted by Crippen LogP contribution is -3.12. The number of nitrogens with one attached hydrogen (secondary N) is 2. The molecule has 0 aromatic carbocycles. The highest BCUT2D eigenvalue weighted by Gasteiger charge is 2.29. The van der Waals surface area contributed by atoms with Gasteiger partial charge in [0.05, 0.1) is 25.3 Å². The van der Waals surface area contributed by atoms with E-state index in [9.17, 15) is 9.59 Å². The lowest BCUT2D eigenvalue weighted by molar-refractivity contribution is -0.879. The van der Waals surface area contributed by atoms with Gasteiger partial charge < -0.3 is 15.0 Å². The SMILES string of the molecule is C=CC[NH+](CC=C)CC(=O)Nc1sc2c(c1C(=O)OCC)CCC(C)C2. The number of esters is 1. The Bertz CT molecular complexity index is 671. The van der Waals surface area contributed by atoms with Crippen molar-refractivity contribution in [3.05, 3.63) is 41.3 Å². The maximum atomic E-state index is 12.5. The van der Waals surface area contributed by atoms with Gasteiger partial charge in [0.1, 0.15) is 5.00 Å². The summed E-state index contributed by atoms with van der Waals surface area (Å²) in [5, 5.41) is 3.59. The molecule has 0 aliphatic heterocycles. The molecule has 142 valence electrons. The summed E-state index contributed by atoms with van der Waals surface area (Å²) in [6.07, 6.45) is 6.46. The van der Waals surface area contributed by atoms with Gasteiger partial charge in [-0.2, -0.15) is 0 Å². The fourth-order valence-corrected chi connectivity index (χ4v) is 4.71. The number of amides is 1. The third-order valence-electron chi connectivity index (χ3n) is 4.52. The number of hydrogen-bond acceptors (Lipinski definition) is 4. The molecule has 0 spiro atoms. The van der Waals surface area contributed by atoms with Crippen molar-refractivity contribution in [2.45, 2.75) is 33.1 Å². The molecule has 1 heterocycles. The normalized spacial score (nSPS) is 16.0. The molecule has 1 atom stereocenters. The smallest absolute Gasteiger partial charge is 0.341 e. The molecule has 1 amide bonds. The van der Waals surface area contributed by atoms with Gasteiger partial charge in [-0.3, -0.25) is 4.79 Å². The first-order chi connectivity index (χ1) is 12.5. The molecule has 0 saturated carbocycles. The Morgan fingerprint density at radius 2 is 2.04 bits per heavy atom. The molecule has 26 heavy (non-hydrogen) atoms. The Balaban J connectivity index is 2.21. The second-order valence-corrected chi connectivity index (χ2v) is 7.84. The first kappa shape index (κ1) is 20.4. The van der Waals surface area contributed by atoms with Crippen molar-refractivity contribution in [1.82, 2.24) is 0 Å². The summed E-state index contributed by atoms with van der Waals surface area (Å²) < 4.78 is 5.24. The predicted molar refractivity (Wildman–Crippen MR) is 106 cm³/mol. The van der Waals surface area contributed by atoms with Gasteiger partial charge >= 0.3 is 5.97 Å². The summed E-state index contributed by atoms with van der Waals surface area (Å²) in [7, 11) is 0. The zero-order valence-corrected chi connectivity index (χ0v) is 16.5. The Labute approximate surface area is 159 Å². The molecular formula is C20H29N2O3S+. The van der Waals surface area contributed by atoms with Gasteiger partial charge in [-0.25, -0.2) is 4.79 Å². The van der Waals surface area contributed by atoms with Gasteiger partial charge in [0, 0.05) is 4.88 Å². The molecule has 1 aliphatic carbocycles. The molecule has 0 fully saturated rings. The third kappa shape index (κ3) is 5.05. The van der Waals surface area contributed by atoms with E-state index in [0.717, 1.165) is 29.7 Å². The quantitative estimate of drug-likeness (QED) is 0.513. The van der Waals surface area contributed by atoms with Crippen LogP contribution in [0.1, 0.15) is 41.1 Å². The fraction of sp³-hybridized carbons (Fsp3) is 0.500. The third-order valence-corrected chi connectivity index (χ3v) is 5.69. The van der Waals surface area contributed by atoms with E-state index < -0.39 is 0 Å². The minimum atomic E-state index is -0.337.